The number of aromatic nitrogens is 4. The number of halogens is 2. The molecule has 2 aliphatic rings. The highest BCUT2D eigenvalue weighted by Gasteiger charge is 2.52. The molecule has 4 aromatic rings. The van der Waals surface area contributed by atoms with Gasteiger partial charge in [0, 0.05) is 24.9 Å². The summed E-state index contributed by atoms with van der Waals surface area (Å²) in [5, 5.41) is 7.65. The van der Waals surface area contributed by atoms with Gasteiger partial charge in [0.1, 0.15) is 10.5 Å². The van der Waals surface area contributed by atoms with E-state index in [2.05, 4.69) is 15.2 Å². The van der Waals surface area contributed by atoms with E-state index >= 15 is 0 Å². The molecule has 0 bridgehead atoms. The number of esters is 1. The molecule has 1 atom stereocenters. The molecule has 0 amide bonds. The third-order valence-corrected chi connectivity index (χ3v) is 10.0. The van der Waals surface area contributed by atoms with Crippen molar-refractivity contribution in [2.45, 2.75) is 69.4 Å². The van der Waals surface area contributed by atoms with Crippen molar-refractivity contribution in [1.82, 2.24) is 23.9 Å². The number of nitrogens with zero attached hydrogens (tertiary/aromatic N) is 5. The van der Waals surface area contributed by atoms with Gasteiger partial charge in [0.05, 0.1) is 19.6 Å². The summed E-state index contributed by atoms with van der Waals surface area (Å²) in [4.78, 5) is 17.0. The van der Waals surface area contributed by atoms with Crippen LogP contribution in [-0.4, -0.2) is 57.0 Å². The van der Waals surface area contributed by atoms with E-state index in [9.17, 15) is 22.0 Å². The van der Waals surface area contributed by atoms with Crippen LogP contribution >= 0.6 is 0 Å². The molecule has 1 aliphatic heterocycles. The number of ether oxygens (including phenoxy) is 2. The zero-order valence-electron chi connectivity index (χ0n) is 24.0. The highest BCUT2D eigenvalue weighted by molar-refractivity contribution is 7.89. The summed E-state index contributed by atoms with van der Waals surface area (Å²) in [6.07, 6.45) is 1.65. The van der Waals surface area contributed by atoms with Crippen molar-refractivity contribution in [2.75, 3.05) is 13.2 Å². The quantitative estimate of drug-likeness (QED) is 0.259. The van der Waals surface area contributed by atoms with E-state index < -0.39 is 39.8 Å². The summed E-state index contributed by atoms with van der Waals surface area (Å²) in [6, 6.07) is 10.5. The van der Waals surface area contributed by atoms with E-state index in [1.165, 1.54) is 27.2 Å². The summed E-state index contributed by atoms with van der Waals surface area (Å²) in [7, 11) is -3.92. The smallest absolute Gasteiger partial charge is 0.306 e. The van der Waals surface area contributed by atoms with Crippen molar-refractivity contribution in [3.8, 4) is 5.88 Å². The van der Waals surface area contributed by atoms with Gasteiger partial charge in [0.2, 0.25) is 21.7 Å². The lowest BCUT2D eigenvalue weighted by molar-refractivity contribution is -0.143. The predicted molar refractivity (Wildman–Crippen MR) is 151 cm³/mol. The first-order valence-electron chi connectivity index (χ1n) is 14.0. The Morgan fingerprint density at radius 2 is 1.95 bits per heavy atom. The highest BCUT2D eigenvalue weighted by Crippen LogP contribution is 2.46. The lowest BCUT2D eigenvalue weighted by atomic mass is 9.85. The molecule has 0 saturated heterocycles. The summed E-state index contributed by atoms with van der Waals surface area (Å²) in [5.41, 5.74) is 3.36. The number of benzene rings is 1. The third-order valence-electron chi connectivity index (χ3n) is 8.20. The second-order valence-corrected chi connectivity index (χ2v) is 13.0. The standard InChI is InChI=1S/C30H31F2N5O5S/c1-4-41-25(38)15-23(22-9-13-37-27(19(22)3)34-35-28(37)26(31)32)20-8-7-18(2)21(14-20)16-36-17-30(10-11-30)42-29-24(43(36,39)40)6-5-12-33-29/h5-9,12-14,23,26H,4,10-11,15-17H2,1-3H3. The average Bonchev–Trinajstić information content (AvgIpc) is 3.59. The zero-order chi connectivity index (χ0) is 30.5. The molecular formula is C30H31F2N5O5S. The van der Waals surface area contributed by atoms with Gasteiger partial charge in [0.25, 0.3) is 6.43 Å². The fourth-order valence-electron chi connectivity index (χ4n) is 5.68. The molecule has 43 heavy (non-hydrogen) atoms. The van der Waals surface area contributed by atoms with E-state index in [4.69, 9.17) is 9.47 Å². The second kappa shape index (κ2) is 10.9. The fraction of sp³-hybridized carbons (Fsp3) is 0.400. The molecule has 0 radical (unpaired) electrons. The van der Waals surface area contributed by atoms with Crippen molar-refractivity contribution < 1.29 is 31.5 Å². The predicted octanol–water partition coefficient (Wildman–Crippen LogP) is 4.88. The van der Waals surface area contributed by atoms with Crippen LogP contribution in [0.2, 0.25) is 0 Å². The second-order valence-electron chi connectivity index (χ2n) is 11.1. The van der Waals surface area contributed by atoms with Gasteiger partial charge < -0.3 is 9.47 Å². The van der Waals surface area contributed by atoms with Crippen LogP contribution in [0, 0.1) is 13.8 Å². The number of rotatable bonds is 8. The minimum atomic E-state index is -3.92. The molecular weight excluding hydrogens is 580 g/mol. The first kappa shape index (κ1) is 29.1. The highest BCUT2D eigenvalue weighted by atomic mass is 32.2. The fourth-order valence-corrected chi connectivity index (χ4v) is 7.23. The Balaban J connectivity index is 1.40. The largest absolute Gasteiger partial charge is 0.469 e. The third kappa shape index (κ3) is 5.35. The van der Waals surface area contributed by atoms with Crippen molar-refractivity contribution in [2.24, 2.45) is 0 Å². The Labute approximate surface area is 247 Å². The Kier molecular flexibility index (Phi) is 7.41. The van der Waals surface area contributed by atoms with Crippen LogP contribution in [0.25, 0.3) is 5.65 Å². The summed E-state index contributed by atoms with van der Waals surface area (Å²) in [5.74, 6) is -1.27. The van der Waals surface area contributed by atoms with E-state index in [1.807, 2.05) is 25.1 Å². The molecule has 1 aliphatic carbocycles. The SMILES string of the molecule is CCOC(=O)CC(c1ccc(C)c(CN2CC3(CC3)Oc3ncccc3S2(=O)=O)c1)c1ccn2c(C(F)F)nnc2c1C. The zero-order valence-corrected chi connectivity index (χ0v) is 24.8. The van der Waals surface area contributed by atoms with Gasteiger partial charge in [-0.25, -0.2) is 22.2 Å². The Morgan fingerprint density at radius 1 is 1.16 bits per heavy atom. The number of alkyl halides is 2. The number of pyridine rings is 2. The molecule has 3 aromatic heterocycles. The average molecular weight is 612 g/mol. The molecule has 13 heteroatoms. The van der Waals surface area contributed by atoms with Crippen molar-refractivity contribution >= 4 is 21.6 Å². The van der Waals surface area contributed by atoms with Gasteiger partial charge in [-0.15, -0.1) is 10.2 Å². The van der Waals surface area contributed by atoms with Crippen molar-refractivity contribution in [1.29, 1.82) is 0 Å². The summed E-state index contributed by atoms with van der Waals surface area (Å²) in [6.45, 7) is 5.87. The maximum Gasteiger partial charge on any atom is 0.306 e. The number of aryl methyl sites for hydroxylation is 2. The number of fused-ring (bicyclic) bond motifs is 2. The molecule has 1 unspecified atom stereocenters. The van der Waals surface area contributed by atoms with Crippen LogP contribution in [0.3, 0.4) is 0 Å². The van der Waals surface area contributed by atoms with Crippen LogP contribution in [0.5, 0.6) is 5.88 Å². The lowest BCUT2D eigenvalue weighted by Gasteiger charge is -2.25. The Hall–Kier alpha value is -3.97. The summed E-state index contributed by atoms with van der Waals surface area (Å²) < 4.78 is 68.7. The monoisotopic (exact) mass is 611 g/mol. The van der Waals surface area contributed by atoms with Gasteiger partial charge in [0.15, 0.2) is 5.65 Å². The van der Waals surface area contributed by atoms with Crippen LogP contribution in [-0.2, 0) is 26.1 Å². The molecule has 4 heterocycles. The maximum atomic E-state index is 13.8. The molecule has 226 valence electrons. The van der Waals surface area contributed by atoms with Crippen LogP contribution < -0.4 is 4.74 Å². The van der Waals surface area contributed by atoms with Gasteiger partial charge in [-0.1, -0.05) is 18.2 Å². The number of hydrogen-bond donors (Lipinski definition) is 0. The maximum absolute atomic E-state index is 13.8. The number of carbonyl (C=O) groups is 1. The molecule has 6 rings (SSSR count). The van der Waals surface area contributed by atoms with Crippen LogP contribution in [0.4, 0.5) is 8.78 Å². The minimum absolute atomic E-state index is 0.0127. The molecule has 1 fully saturated rings. The first-order chi connectivity index (χ1) is 20.5. The van der Waals surface area contributed by atoms with Gasteiger partial charge in [-0.05, 0) is 79.6 Å². The normalized spacial score (nSPS) is 17.8. The van der Waals surface area contributed by atoms with Crippen molar-refractivity contribution in [3.63, 3.8) is 0 Å². The van der Waals surface area contributed by atoms with Crippen molar-refractivity contribution in [3.05, 3.63) is 82.4 Å². The van der Waals surface area contributed by atoms with E-state index in [-0.39, 0.29) is 42.5 Å². The van der Waals surface area contributed by atoms with Gasteiger partial charge in [-0.3, -0.25) is 9.20 Å². The number of hydrogen-bond acceptors (Lipinski definition) is 8. The van der Waals surface area contributed by atoms with Gasteiger partial charge >= 0.3 is 5.97 Å². The topological polar surface area (TPSA) is 116 Å². The number of carbonyl (C=O) groups excluding carboxylic acids is 1. The minimum Gasteiger partial charge on any atom is -0.469 e. The Bertz CT molecular complexity index is 1820. The van der Waals surface area contributed by atoms with E-state index in [1.54, 1.807) is 26.0 Å². The molecule has 1 spiro atoms. The molecule has 10 nitrogen and oxygen atoms in total. The summed E-state index contributed by atoms with van der Waals surface area (Å²) >= 11 is 0. The lowest BCUT2D eigenvalue weighted by Crippen LogP contribution is -2.38. The van der Waals surface area contributed by atoms with E-state index in [0.29, 0.717) is 11.1 Å². The van der Waals surface area contributed by atoms with E-state index in [0.717, 1.165) is 29.5 Å². The Morgan fingerprint density at radius 3 is 2.67 bits per heavy atom. The molecule has 1 aromatic carbocycles. The van der Waals surface area contributed by atoms with Crippen LogP contribution in [0.15, 0.2) is 53.7 Å². The molecule has 0 N–H and O–H groups in total. The van der Waals surface area contributed by atoms with Crippen LogP contribution in [0.1, 0.15) is 72.2 Å². The molecule has 1 saturated carbocycles. The number of sulfonamides is 1. The van der Waals surface area contributed by atoms with Gasteiger partial charge in [-0.2, -0.15) is 4.31 Å². The first-order valence-corrected chi connectivity index (χ1v) is 15.5.